The molecule has 0 atom stereocenters. The Morgan fingerprint density at radius 1 is 1.17 bits per heavy atom. The zero-order valence-electron chi connectivity index (χ0n) is 11.4. The standard InChI is InChI=1S/C15H9F3N2O2S/c16-15(17,18)10-4-2-1-3-9(10)11-5-6-12(22-11)13(21)20-14-19-7-8-23-14/h1-8H,(H,19,20,21). The minimum atomic E-state index is -4.51. The largest absolute Gasteiger partial charge is 0.451 e. The molecular formula is C15H9F3N2O2S. The second kappa shape index (κ2) is 5.88. The van der Waals surface area contributed by atoms with Crippen LogP contribution in [0.15, 0.2) is 52.4 Å². The summed E-state index contributed by atoms with van der Waals surface area (Å²) in [5, 5.41) is 4.56. The van der Waals surface area contributed by atoms with Crippen molar-refractivity contribution >= 4 is 22.4 Å². The average Bonchev–Trinajstić information content (AvgIpc) is 3.17. The van der Waals surface area contributed by atoms with Gasteiger partial charge in [-0.1, -0.05) is 18.2 Å². The summed E-state index contributed by atoms with van der Waals surface area (Å²) in [6, 6.07) is 7.69. The van der Waals surface area contributed by atoms with Crippen LogP contribution in [0.1, 0.15) is 16.1 Å². The van der Waals surface area contributed by atoms with E-state index in [1.165, 1.54) is 47.9 Å². The van der Waals surface area contributed by atoms with E-state index in [1.54, 1.807) is 5.38 Å². The maximum absolute atomic E-state index is 13.0. The first-order valence-corrected chi connectivity index (χ1v) is 7.30. The van der Waals surface area contributed by atoms with Crippen molar-refractivity contribution in [2.75, 3.05) is 5.32 Å². The fourth-order valence-corrected chi connectivity index (χ4v) is 2.52. The Morgan fingerprint density at radius 3 is 2.65 bits per heavy atom. The molecule has 0 unspecified atom stereocenters. The molecular weight excluding hydrogens is 329 g/mol. The molecule has 0 aliphatic carbocycles. The third-order valence-electron chi connectivity index (χ3n) is 2.98. The number of thiazole rings is 1. The van der Waals surface area contributed by atoms with E-state index >= 15 is 0 Å². The van der Waals surface area contributed by atoms with E-state index in [4.69, 9.17) is 4.42 Å². The van der Waals surface area contributed by atoms with Crippen LogP contribution in [0.5, 0.6) is 0 Å². The smallest absolute Gasteiger partial charge is 0.417 e. The van der Waals surface area contributed by atoms with Gasteiger partial charge in [0.05, 0.1) is 5.56 Å². The monoisotopic (exact) mass is 338 g/mol. The van der Waals surface area contributed by atoms with Crippen LogP contribution < -0.4 is 5.32 Å². The molecule has 0 aliphatic rings. The lowest BCUT2D eigenvalue weighted by molar-refractivity contribution is -0.137. The number of halogens is 3. The molecule has 0 saturated heterocycles. The number of aromatic nitrogens is 1. The van der Waals surface area contributed by atoms with Crippen LogP contribution in [0, 0.1) is 0 Å². The summed E-state index contributed by atoms with van der Waals surface area (Å²) in [4.78, 5) is 15.9. The van der Waals surface area contributed by atoms with Gasteiger partial charge >= 0.3 is 6.18 Å². The van der Waals surface area contributed by atoms with E-state index in [-0.39, 0.29) is 17.1 Å². The Morgan fingerprint density at radius 2 is 1.96 bits per heavy atom. The number of nitrogens with zero attached hydrogens (tertiary/aromatic N) is 1. The van der Waals surface area contributed by atoms with E-state index in [9.17, 15) is 18.0 Å². The van der Waals surface area contributed by atoms with Crippen LogP contribution >= 0.6 is 11.3 Å². The van der Waals surface area contributed by atoms with Gasteiger partial charge in [0.25, 0.3) is 5.91 Å². The van der Waals surface area contributed by atoms with Crippen molar-refractivity contribution in [3.05, 3.63) is 59.3 Å². The number of rotatable bonds is 3. The predicted molar refractivity (Wildman–Crippen MR) is 79.2 cm³/mol. The molecule has 0 radical (unpaired) electrons. The van der Waals surface area contributed by atoms with Crippen molar-refractivity contribution in [1.82, 2.24) is 4.98 Å². The molecule has 1 amide bonds. The zero-order valence-corrected chi connectivity index (χ0v) is 12.2. The maximum atomic E-state index is 13.0. The first kappa shape index (κ1) is 15.3. The van der Waals surface area contributed by atoms with Crippen molar-refractivity contribution < 1.29 is 22.4 Å². The first-order chi connectivity index (χ1) is 10.9. The number of furan rings is 1. The van der Waals surface area contributed by atoms with Gasteiger partial charge in [-0.3, -0.25) is 10.1 Å². The molecule has 8 heteroatoms. The van der Waals surface area contributed by atoms with Crippen molar-refractivity contribution in [2.45, 2.75) is 6.18 Å². The van der Waals surface area contributed by atoms with Gasteiger partial charge in [-0.2, -0.15) is 13.2 Å². The molecule has 23 heavy (non-hydrogen) atoms. The molecule has 0 bridgehead atoms. The number of hydrogen-bond acceptors (Lipinski definition) is 4. The predicted octanol–water partition coefficient (Wildman–Crippen LogP) is 4.67. The molecule has 0 aliphatic heterocycles. The highest BCUT2D eigenvalue weighted by atomic mass is 32.1. The number of anilines is 1. The van der Waals surface area contributed by atoms with Crippen LogP contribution in [0.4, 0.5) is 18.3 Å². The Kier molecular flexibility index (Phi) is 3.91. The fraction of sp³-hybridized carbons (Fsp3) is 0.0667. The molecule has 0 spiro atoms. The highest BCUT2D eigenvalue weighted by Gasteiger charge is 2.34. The molecule has 3 rings (SSSR count). The topological polar surface area (TPSA) is 55.1 Å². The zero-order chi connectivity index (χ0) is 16.4. The summed E-state index contributed by atoms with van der Waals surface area (Å²) < 4.78 is 44.4. The van der Waals surface area contributed by atoms with E-state index < -0.39 is 17.6 Å². The molecule has 118 valence electrons. The van der Waals surface area contributed by atoms with Crippen LogP contribution in [-0.4, -0.2) is 10.9 Å². The molecule has 2 aromatic heterocycles. The van der Waals surface area contributed by atoms with Gasteiger partial charge in [0.2, 0.25) is 0 Å². The summed E-state index contributed by atoms with van der Waals surface area (Å²) >= 11 is 1.22. The van der Waals surface area contributed by atoms with Gasteiger partial charge < -0.3 is 4.42 Å². The number of benzene rings is 1. The summed E-state index contributed by atoms with van der Waals surface area (Å²) in [7, 11) is 0. The Labute approximate surface area is 132 Å². The summed E-state index contributed by atoms with van der Waals surface area (Å²) in [5.41, 5.74) is -0.936. The highest BCUT2D eigenvalue weighted by Crippen LogP contribution is 2.37. The summed E-state index contributed by atoms with van der Waals surface area (Å²) in [6.07, 6.45) is -2.99. The number of carbonyl (C=O) groups excluding carboxylic acids is 1. The fourth-order valence-electron chi connectivity index (χ4n) is 1.99. The SMILES string of the molecule is O=C(Nc1nccs1)c1ccc(-c2ccccc2C(F)(F)F)o1. The molecule has 3 aromatic rings. The number of hydrogen-bond donors (Lipinski definition) is 1. The molecule has 0 fully saturated rings. The molecule has 4 nitrogen and oxygen atoms in total. The second-order valence-corrected chi connectivity index (χ2v) is 5.39. The van der Waals surface area contributed by atoms with Gasteiger partial charge in [0.15, 0.2) is 10.9 Å². The Bertz CT molecular complexity index is 825. The van der Waals surface area contributed by atoms with Gasteiger partial charge in [0, 0.05) is 17.1 Å². The number of amides is 1. The van der Waals surface area contributed by atoms with Crippen LogP contribution in [0.3, 0.4) is 0 Å². The van der Waals surface area contributed by atoms with Gasteiger partial charge in [-0.15, -0.1) is 11.3 Å². The molecule has 2 heterocycles. The van der Waals surface area contributed by atoms with Crippen molar-refractivity contribution in [3.8, 4) is 11.3 Å². The third-order valence-corrected chi connectivity index (χ3v) is 3.67. The van der Waals surface area contributed by atoms with Crippen molar-refractivity contribution in [1.29, 1.82) is 0 Å². The van der Waals surface area contributed by atoms with E-state index in [0.29, 0.717) is 5.13 Å². The van der Waals surface area contributed by atoms with E-state index in [1.807, 2.05) is 0 Å². The Hall–Kier alpha value is -2.61. The highest BCUT2D eigenvalue weighted by molar-refractivity contribution is 7.13. The van der Waals surface area contributed by atoms with Crippen molar-refractivity contribution in [3.63, 3.8) is 0 Å². The lowest BCUT2D eigenvalue weighted by Crippen LogP contribution is -2.10. The quantitative estimate of drug-likeness (QED) is 0.755. The van der Waals surface area contributed by atoms with Crippen LogP contribution in [-0.2, 0) is 6.18 Å². The Balaban J connectivity index is 1.89. The number of alkyl halides is 3. The number of carbonyl (C=O) groups is 1. The lowest BCUT2D eigenvalue weighted by Gasteiger charge is -2.10. The molecule has 1 N–H and O–H groups in total. The second-order valence-electron chi connectivity index (χ2n) is 4.50. The maximum Gasteiger partial charge on any atom is 0.417 e. The number of nitrogens with one attached hydrogen (secondary N) is 1. The summed E-state index contributed by atoms with van der Waals surface area (Å²) in [6.45, 7) is 0. The summed E-state index contributed by atoms with van der Waals surface area (Å²) in [5.74, 6) is -0.690. The van der Waals surface area contributed by atoms with E-state index in [0.717, 1.165) is 6.07 Å². The van der Waals surface area contributed by atoms with Crippen molar-refractivity contribution in [2.24, 2.45) is 0 Å². The van der Waals surface area contributed by atoms with Crippen LogP contribution in [0.25, 0.3) is 11.3 Å². The van der Waals surface area contributed by atoms with E-state index in [2.05, 4.69) is 10.3 Å². The minimum absolute atomic E-state index is 0.0257. The van der Waals surface area contributed by atoms with Gasteiger partial charge in [-0.25, -0.2) is 4.98 Å². The van der Waals surface area contributed by atoms with Crippen LogP contribution in [0.2, 0.25) is 0 Å². The normalized spacial score (nSPS) is 11.4. The molecule has 1 aromatic carbocycles. The third kappa shape index (κ3) is 3.26. The average molecular weight is 338 g/mol. The minimum Gasteiger partial charge on any atom is -0.451 e. The lowest BCUT2D eigenvalue weighted by atomic mass is 10.1. The first-order valence-electron chi connectivity index (χ1n) is 6.42. The van der Waals surface area contributed by atoms with Gasteiger partial charge in [-0.05, 0) is 18.2 Å². The van der Waals surface area contributed by atoms with Gasteiger partial charge in [0.1, 0.15) is 5.76 Å². The molecule has 0 saturated carbocycles.